The van der Waals surface area contributed by atoms with Crippen molar-refractivity contribution < 1.29 is 8.82 Å². The minimum atomic E-state index is -1.94. The molecular weight excluding hydrogens is 467 g/mol. The second-order valence-electron chi connectivity index (χ2n) is 11.6. The lowest BCUT2D eigenvalue weighted by atomic mass is 9.99. The summed E-state index contributed by atoms with van der Waals surface area (Å²) in [6, 6.07) is 15.8. The van der Waals surface area contributed by atoms with Crippen LogP contribution in [0.2, 0.25) is 18.1 Å². The van der Waals surface area contributed by atoms with E-state index in [0.29, 0.717) is 30.3 Å². The van der Waals surface area contributed by atoms with Gasteiger partial charge in [0, 0.05) is 43.0 Å². The molecule has 2 N–H and O–H groups in total. The number of rotatable bonds is 9. The fourth-order valence-electron chi connectivity index (χ4n) is 4.60. The van der Waals surface area contributed by atoms with Crippen LogP contribution in [0.1, 0.15) is 58.1 Å². The number of nitrogens with two attached hydrogens (primary N) is 1. The topological polar surface area (TPSA) is 65.5 Å². The maximum absolute atomic E-state index is 14.8. The SMILES string of the molecule is C[C@H](CCN)N1CCC(N(Cc2cc(C#N)ccc2F)c2ccc(O[Si](C)(C)C(C)(C)C)cc2)CC1. The van der Waals surface area contributed by atoms with Crippen molar-refractivity contribution in [3.63, 3.8) is 0 Å². The van der Waals surface area contributed by atoms with Crippen molar-refractivity contribution in [3.05, 3.63) is 59.4 Å². The zero-order chi connectivity index (χ0) is 26.5. The number of halogens is 1. The summed E-state index contributed by atoms with van der Waals surface area (Å²) in [7, 11) is -1.94. The van der Waals surface area contributed by atoms with Crippen molar-refractivity contribution in [1.29, 1.82) is 5.26 Å². The molecule has 0 radical (unpaired) electrons. The smallest absolute Gasteiger partial charge is 0.250 e. The molecule has 0 aliphatic carbocycles. The number of hydrogen-bond donors (Lipinski definition) is 1. The Kier molecular flexibility index (Phi) is 9.21. The Morgan fingerprint density at radius 3 is 2.36 bits per heavy atom. The van der Waals surface area contributed by atoms with Crippen molar-refractivity contribution in [3.8, 4) is 11.8 Å². The molecule has 0 aromatic heterocycles. The van der Waals surface area contributed by atoms with Crippen molar-refractivity contribution in [2.75, 3.05) is 24.5 Å². The van der Waals surface area contributed by atoms with Crippen LogP contribution in [-0.4, -0.2) is 44.9 Å². The standard InChI is InChI=1S/C29H43FN4OSi/c1-22(13-16-31)33-17-14-26(15-18-33)34(21-24-19-23(20-32)7-12-28(24)30)25-8-10-27(11-9-25)35-36(5,6)29(2,3)4/h7-12,19,22,26H,13-18,21,31H2,1-6H3/t22-/m1/s1. The molecule has 196 valence electrons. The van der Waals surface area contributed by atoms with Crippen LogP contribution in [0.3, 0.4) is 0 Å². The third kappa shape index (κ3) is 6.87. The van der Waals surface area contributed by atoms with Crippen LogP contribution < -0.4 is 15.1 Å². The first-order valence-corrected chi connectivity index (χ1v) is 16.0. The van der Waals surface area contributed by atoms with Gasteiger partial charge < -0.3 is 20.0 Å². The largest absolute Gasteiger partial charge is 0.544 e. The van der Waals surface area contributed by atoms with Gasteiger partial charge in [-0.3, -0.25) is 0 Å². The molecule has 1 aliphatic heterocycles. The van der Waals surface area contributed by atoms with Crippen LogP contribution in [-0.2, 0) is 6.54 Å². The van der Waals surface area contributed by atoms with Crippen LogP contribution in [0.25, 0.3) is 0 Å². The van der Waals surface area contributed by atoms with Crippen molar-refractivity contribution >= 4 is 14.0 Å². The van der Waals surface area contributed by atoms with E-state index in [0.717, 1.165) is 43.8 Å². The summed E-state index contributed by atoms with van der Waals surface area (Å²) in [5.41, 5.74) is 7.87. The summed E-state index contributed by atoms with van der Waals surface area (Å²) in [5.74, 6) is 0.610. The summed E-state index contributed by atoms with van der Waals surface area (Å²) >= 11 is 0. The highest BCUT2D eigenvalue weighted by Gasteiger charge is 2.39. The van der Waals surface area contributed by atoms with E-state index in [-0.39, 0.29) is 16.9 Å². The van der Waals surface area contributed by atoms with Gasteiger partial charge in [-0.05, 0) is 93.3 Å². The first-order valence-electron chi connectivity index (χ1n) is 13.1. The van der Waals surface area contributed by atoms with Crippen LogP contribution in [0.4, 0.5) is 10.1 Å². The summed E-state index contributed by atoms with van der Waals surface area (Å²) in [6.45, 7) is 16.6. The highest BCUT2D eigenvalue weighted by Crippen LogP contribution is 2.38. The number of nitrogens with zero attached hydrogens (tertiary/aromatic N) is 3. The lowest BCUT2D eigenvalue weighted by molar-refractivity contribution is 0.154. The fourth-order valence-corrected chi connectivity index (χ4v) is 5.63. The number of piperidine rings is 1. The molecule has 5 nitrogen and oxygen atoms in total. The molecule has 1 fully saturated rings. The number of nitriles is 1. The summed E-state index contributed by atoms with van der Waals surface area (Å²) < 4.78 is 21.3. The van der Waals surface area contributed by atoms with Gasteiger partial charge in [-0.2, -0.15) is 5.26 Å². The van der Waals surface area contributed by atoms with Gasteiger partial charge in [-0.25, -0.2) is 4.39 Å². The van der Waals surface area contributed by atoms with Crippen LogP contribution in [0.5, 0.6) is 5.75 Å². The lowest BCUT2D eigenvalue weighted by Crippen LogP contribution is -2.48. The molecule has 7 heteroatoms. The van der Waals surface area contributed by atoms with Crippen LogP contribution in [0, 0.1) is 17.1 Å². The Morgan fingerprint density at radius 2 is 1.81 bits per heavy atom. The van der Waals surface area contributed by atoms with E-state index < -0.39 is 8.32 Å². The predicted molar refractivity (Wildman–Crippen MR) is 149 cm³/mol. The molecule has 0 saturated carbocycles. The van der Waals surface area contributed by atoms with E-state index in [1.165, 1.54) is 12.1 Å². The number of benzene rings is 2. The molecule has 1 aliphatic rings. The molecule has 0 amide bonds. The van der Waals surface area contributed by atoms with E-state index in [1.807, 2.05) is 12.1 Å². The minimum absolute atomic E-state index is 0.121. The van der Waals surface area contributed by atoms with Gasteiger partial charge in [0.05, 0.1) is 11.6 Å². The average molecular weight is 511 g/mol. The average Bonchev–Trinajstić information content (AvgIpc) is 2.83. The summed E-state index contributed by atoms with van der Waals surface area (Å²) in [5, 5.41) is 9.47. The second kappa shape index (κ2) is 11.8. The Labute approximate surface area is 218 Å². The molecule has 36 heavy (non-hydrogen) atoms. The molecule has 2 aromatic carbocycles. The van der Waals surface area contributed by atoms with Crippen LogP contribution in [0.15, 0.2) is 42.5 Å². The molecule has 1 saturated heterocycles. The van der Waals surface area contributed by atoms with E-state index in [4.69, 9.17) is 10.2 Å². The van der Waals surface area contributed by atoms with Crippen molar-refractivity contribution in [2.45, 2.75) is 83.7 Å². The maximum atomic E-state index is 14.8. The monoisotopic (exact) mass is 510 g/mol. The van der Waals surface area contributed by atoms with E-state index in [2.05, 4.69) is 68.8 Å². The predicted octanol–water partition coefficient (Wildman–Crippen LogP) is 6.29. The van der Waals surface area contributed by atoms with E-state index >= 15 is 0 Å². The first-order chi connectivity index (χ1) is 16.9. The Balaban J connectivity index is 1.85. The molecular formula is C29H43FN4OSi. The number of hydrogen-bond acceptors (Lipinski definition) is 5. The Morgan fingerprint density at radius 1 is 1.17 bits per heavy atom. The first kappa shape index (κ1) is 28.2. The minimum Gasteiger partial charge on any atom is -0.544 e. The zero-order valence-electron chi connectivity index (χ0n) is 22.9. The van der Waals surface area contributed by atoms with Gasteiger partial charge in [0.2, 0.25) is 8.32 Å². The molecule has 0 spiro atoms. The maximum Gasteiger partial charge on any atom is 0.250 e. The number of anilines is 1. The highest BCUT2D eigenvalue weighted by molar-refractivity contribution is 6.74. The van der Waals surface area contributed by atoms with Crippen molar-refractivity contribution in [1.82, 2.24) is 4.90 Å². The molecule has 0 bridgehead atoms. The van der Waals surface area contributed by atoms with Gasteiger partial charge in [0.15, 0.2) is 0 Å². The second-order valence-corrected chi connectivity index (χ2v) is 16.3. The highest BCUT2D eigenvalue weighted by atomic mass is 28.4. The van der Waals surface area contributed by atoms with Crippen LogP contribution >= 0.6 is 0 Å². The quantitative estimate of drug-likeness (QED) is 0.402. The third-order valence-corrected chi connectivity index (χ3v) is 12.4. The van der Waals surface area contributed by atoms with Gasteiger partial charge in [-0.1, -0.05) is 20.8 Å². The molecule has 2 aromatic rings. The number of likely N-dealkylation sites (tertiary alicyclic amines) is 1. The van der Waals surface area contributed by atoms with E-state index in [9.17, 15) is 9.65 Å². The van der Waals surface area contributed by atoms with Gasteiger partial charge in [-0.15, -0.1) is 0 Å². The molecule has 1 heterocycles. The van der Waals surface area contributed by atoms with Gasteiger partial charge in [0.1, 0.15) is 11.6 Å². The summed E-state index contributed by atoms with van der Waals surface area (Å²) in [6.07, 6.45) is 2.99. The molecule has 3 rings (SSSR count). The fraction of sp³-hybridized carbons (Fsp3) is 0.552. The Hall–Kier alpha value is -2.40. The van der Waals surface area contributed by atoms with Gasteiger partial charge in [0.25, 0.3) is 0 Å². The zero-order valence-corrected chi connectivity index (χ0v) is 23.9. The van der Waals surface area contributed by atoms with Gasteiger partial charge >= 0.3 is 0 Å². The molecule has 1 atom stereocenters. The summed E-state index contributed by atoms with van der Waals surface area (Å²) in [4.78, 5) is 4.81. The Bertz CT molecular complexity index is 1040. The molecule has 0 unspecified atom stereocenters. The van der Waals surface area contributed by atoms with Crippen molar-refractivity contribution in [2.24, 2.45) is 5.73 Å². The third-order valence-electron chi connectivity index (χ3n) is 8.01. The normalized spacial score (nSPS) is 16.4. The lowest BCUT2D eigenvalue weighted by Gasteiger charge is -2.42. The van der Waals surface area contributed by atoms with E-state index in [1.54, 1.807) is 6.07 Å².